The normalized spacial score (nSPS) is 34.4. The van der Waals surface area contributed by atoms with Crippen LogP contribution in [0.3, 0.4) is 0 Å². The lowest BCUT2D eigenvalue weighted by atomic mass is 9.60. The Kier molecular flexibility index (Phi) is 4.69. The highest BCUT2D eigenvalue weighted by atomic mass is 28.4. The first kappa shape index (κ1) is 20.6. The molecule has 0 unspecified atom stereocenters. The summed E-state index contributed by atoms with van der Waals surface area (Å²) in [7, 11) is -0.160. The van der Waals surface area contributed by atoms with Crippen molar-refractivity contribution in [3.63, 3.8) is 0 Å². The molecule has 27 heavy (non-hydrogen) atoms. The smallest absolute Gasteiger partial charge is 0.254 e. The standard InChI is InChI=1S/C22H35NO3Si/c1-13-16-12-22(6)14(2)19(24)18(26-27(8,9)21(3,4)5)11-15(22)10-17(16)23(7)20(13)25/h10-11,14,18-19,24H,12H2,1-9H3/t14-,18+,19+,22+/m0/s1. The maximum Gasteiger partial charge on any atom is 0.254 e. The molecule has 0 aromatic heterocycles. The van der Waals surface area contributed by atoms with Gasteiger partial charge in [0.15, 0.2) is 8.32 Å². The average Bonchev–Trinajstić information content (AvgIpc) is 2.75. The molecule has 3 rings (SSSR count). The van der Waals surface area contributed by atoms with Gasteiger partial charge in [0.1, 0.15) is 0 Å². The van der Waals surface area contributed by atoms with E-state index in [0.717, 1.165) is 23.3 Å². The molecule has 1 aliphatic heterocycles. The fourth-order valence-electron chi connectivity index (χ4n) is 4.29. The summed E-state index contributed by atoms with van der Waals surface area (Å²) in [5.74, 6) is 0.132. The Balaban J connectivity index is 2.05. The topological polar surface area (TPSA) is 49.8 Å². The number of carbonyl (C=O) groups is 1. The van der Waals surface area contributed by atoms with Gasteiger partial charge in [-0.05, 0) is 54.6 Å². The van der Waals surface area contributed by atoms with Gasteiger partial charge in [0.05, 0.1) is 12.2 Å². The molecule has 150 valence electrons. The largest absolute Gasteiger partial charge is 0.408 e. The molecule has 0 spiro atoms. The quantitative estimate of drug-likeness (QED) is 0.712. The van der Waals surface area contributed by atoms with E-state index in [9.17, 15) is 9.90 Å². The van der Waals surface area contributed by atoms with Gasteiger partial charge in [0.2, 0.25) is 0 Å². The first-order chi connectivity index (χ1) is 12.2. The van der Waals surface area contributed by atoms with Crippen molar-refractivity contribution in [1.29, 1.82) is 0 Å². The Morgan fingerprint density at radius 1 is 1.33 bits per heavy atom. The fraction of sp³-hybridized carbons (Fsp3) is 0.682. The summed E-state index contributed by atoms with van der Waals surface area (Å²) < 4.78 is 6.59. The van der Waals surface area contributed by atoms with Gasteiger partial charge in [-0.15, -0.1) is 0 Å². The van der Waals surface area contributed by atoms with Crippen molar-refractivity contribution in [3.8, 4) is 0 Å². The van der Waals surface area contributed by atoms with Gasteiger partial charge in [0.25, 0.3) is 5.91 Å². The number of likely N-dealkylation sites (N-methyl/N-ethyl adjacent to an activating group) is 1. The lowest BCUT2D eigenvalue weighted by Gasteiger charge is -2.50. The van der Waals surface area contributed by atoms with Crippen molar-refractivity contribution >= 4 is 14.2 Å². The van der Waals surface area contributed by atoms with E-state index >= 15 is 0 Å². The fourth-order valence-corrected chi connectivity index (χ4v) is 5.53. The van der Waals surface area contributed by atoms with Crippen molar-refractivity contribution in [2.75, 3.05) is 7.05 Å². The summed E-state index contributed by atoms with van der Waals surface area (Å²) in [5.41, 5.74) is 3.99. The lowest BCUT2D eigenvalue weighted by Crippen LogP contribution is -2.53. The Morgan fingerprint density at radius 2 is 1.93 bits per heavy atom. The molecule has 5 heteroatoms. The van der Waals surface area contributed by atoms with Gasteiger partial charge in [-0.2, -0.15) is 0 Å². The average molecular weight is 390 g/mol. The summed E-state index contributed by atoms with van der Waals surface area (Å²) in [6.07, 6.45) is 4.23. The lowest BCUT2D eigenvalue weighted by molar-refractivity contribution is -0.123. The molecule has 0 aromatic carbocycles. The van der Waals surface area contributed by atoms with Crippen LogP contribution in [-0.2, 0) is 9.22 Å². The van der Waals surface area contributed by atoms with Crippen molar-refractivity contribution in [2.45, 2.75) is 78.3 Å². The Bertz CT molecular complexity index is 771. The zero-order valence-corrected chi connectivity index (χ0v) is 19.3. The monoisotopic (exact) mass is 389 g/mol. The van der Waals surface area contributed by atoms with E-state index in [1.165, 1.54) is 5.57 Å². The Labute approximate surface area is 165 Å². The van der Waals surface area contributed by atoms with E-state index in [1.807, 2.05) is 14.0 Å². The third kappa shape index (κ3) is 2.99. The molecular weight excluding hydrogens is 354 g/mol. The molecule has 0 aromatic rings. The number of rotatable bonds is 2. The summed E-state index contributed by atoms with van der Waals surface area (Å²) in [6, 6.07) is 0. The molecule has 4 atom stereocenters. The number of nitrogens with zero attached hydrogens (tertiary/aromatic N) is 1. The van der Waals surface area contributed by atoms with E-state index in [1.54, 1.807) is 4.90 Å². The number of aliphatic hydroxyl groups excluding tert-OH is 1. The van der Waals surface area contributed by atoms with Crippen LogP contribution in [0.4, 0.5) is 0 Å². The molecule has 4 nitrogen and oxygen atoms in total. The summed E-state index contributed by atoms with van der Waals surface area (Å²) in [4.78, 5) is 14.2. The number of allylic oxidation sites excluding steroid dienone is 3. The molecule has 1 N–H and O–H groups in total. The van der Waals surface area contributed by atoms with Gasteiger partial charge in [0, 0.05) is 23.7 Å². The van der Waals surface area contributed by atoms with Crippen LogP contribution >= 0.6 is 0 Å². The molecule has 0 saturated heterocycles. The van der Waals surface area contributed by atoms with E-state index < -0.39 is 14.4 Å². The Morgan fingerprint density at radius 3 is 2.48 bits per heavy atom. The zero-order valence-electron chi connectivity index (χ0n) is 18.3. The van der Waals surface area contributed by atoms with E-state index in [-0.39, 0.29) is 28.4 Å². The van der Waals surface area contributed by atoms with Crippen LogP contribution in [-0.4, -0.2) is 43.5 Å². The second kappa shape index (κ2) is 6.16. The van der Waals surface area contributed by atoms with E-state index in [0.29, 0.717) is 0 Å². The summed E-state index contributed by atoms with van der Waals surface area (Å²) in [5, 5.41) is 11.2. The van der Waals surface area contributed by atoms with Crippen LogP contribution in [0.2, 0.25) is 18.1 Å². The first-order valence-corrected chi connectivity index (χ1v) is 12.9. The number of fused-ring (bicyclic) bond motifs is 2. The molecule has 1 heterocycles. The Hall–Kier alpha value is -1.17. The highest BCUT2D eigenvalue weighted by Gasteiger charge is 2.51. The van der Waals surface area contributed by atoms with Crippen LogP contribution < -0.4 is 0 Å². The van der Waals surface area contributed by atoms with Gasteiger partial charge < -0.3 is 14.4 Å². The van der Waals surface area contributed by atoms with Crippen LogP contribution in [0.15, 0.2) is 34.6 Å². The van der Waals surface area contributed by atoms with E-state index in [4.69, 9.17) is 4.43 Å². The third-order valence-corrected chi connectivity index (χ3v) is 12.2. The number of aliphatic hydroxyl groups is 1. The molecule has 0 bridgehead atoms. The van der Waals surface area contributed by atoms with Crippen molar-refractivity contribution < 1.29 is 14.3 Å². The number of hydrogen-bond donors (Lipinski definition) is 1. The minimum Gasteiger partial charge on any atom is -0.408 e. The molecule has 0 fully saturated rings. The van der Waals surface area contributed by atoms with Gasteiger partial charge >= 0.3 is 0 Å². The zero-order chi connectivity index (χ0) is 20.5. The SMILES string of the molecule is CC1=C2C[C@@]3(C)C(=C[C@@H](O[Si](C)(C)C(C)(C)C)[C@H](O)[C@@H]3C)C=C2N(C)C1=O. The predicted octanol–water partition coefficient (Wildman–Crippen LogP) is 4.40. The molecule has 0 radical (unpaired) electrons. The summed E-state index contributed by atoms with van der Waals surface area (Å²) in [6.45, 7) is 17.4. The van der Waals surface area contributed by atoms with Gasteiger partial charge in [-0.3, -0.25) is 4.79 Å². The van der Waals surface area contributed by atoms with Crippen LogP contribution in [0.25, 0.3) is 0 Å². The minimum atomic E-state index is -2.01. The number of hydrogen-bond acceptors (Lipinski definition) is 3. The maximum atomic E-state index is 12.4. The van der Waals surface area contributed by atoms with Gasteiger partial charge in [-0.25, -0.2) is 0 Å². The van der Waals surface area contributed by atoms with Crippen LogP contribution in [0.1, 0.15) is 48.0 Å². The second-order valence-electron chi connectivity index (χ2n) is 10.3. The van der Waals surface area contributed by atoms with Crippen molar-refractivity contribution in [3.05, 3.63) is 34.6 Å². The molecule has 3 aliphatic rings. The molecule has 0 saturated carbocycles. The molecular formula is C22H35NO3Si. The van der Waals surface area contributed by atoms with Crippen molar-refractivity contribution in [1.82, 2.24) is 4.90 Å². The third-order valence-electron chi connectivity index (χ3n) is 7.68. The second-order valence-corrected chi connectivity index (χ2v) is 15.1. The minimum absolute atomic E-state index is 0.0476. The molecule has 2 aliphatic carbocycles. The molecule has 1 amide bonds. The maximum absolute atomic E-state index is 12.4. The van der Waals surface area contributed by atoms with Crippen LogP contribution in [0, 0.1) is 11.3 Å². The summed E-state index contributed by atoms with van der Waals surface area (Å²) >= 11 is 0. The van der Waals surface area contributed by atoms with Gasteiger partial charge in [-0.1, -0.05) is 40.7 Å². The van der Waals surface area contributed by atoms with Crippen LogP contribution in [0.5, 0.6) is 0 Å². The highest BCUT2D eigenvalue weighted by molar-refractivity contribution is 6.74. The number of carbonyl (C=O) groups excluding carboxylic acids is 1. The first-order valence-electron chi connectivity index (χ1n) is 9.99. The highest BCUT2D eigenvalue weighted by Crippen LogP contribution is 2.54. The number of amides is 1. The van der Waals surface area contributed by atoms with Crippen molar-refractivity contribution in [2.24, 2.45) is 11.3 Å². The predicted molar refractivity (Wildman–Crippen MR) is 112 cm³/mol. The van der Waals surface area contributed by atoms with E-state index in [2.05, 4.69) is 59.9 Å².